The molecule has 0 aliphatic rings. The molecule has 0 amide bonds. The van der Waals surface area contributed by atoms with Gasteiger partial charge >= 0.3 is 0 Å². The van der Waals surface area contributed by atoms with Crippen LogP contribution in [0, 0.1) is 10.1 Å². The lowest BCUT2D eigenvalue weighted by Gasteiger charge is -1.88. The van der Waals surface area contributed by atoms with Crippen LogP contribution in [0.2, 0.25) is 0 Å². The second-order valence-corrected chi connectivity index (χ2v) is 2.46. The smallest absolute Gasteiger partial charge is 0.292 e. The second kappa shape index (κ2) is 2.44. The van der Waals surface area contributed by atoms with Gasteiger partial charge in [0.05, 0.1) is 11.0 Å². The molecule has 1 heterocycles. The van der Waals surface area contributed by atoms with Crippen molar-refractivity contribution in [2.24, 2.45) is 0 Å². The molecule has 0 fully saturated rings. The summed E-state index contributed by atoms with van der Waals surface area (Å²) in [6, 6.07) is 4.14. The van der Waals surface area contributed by atoms with Crippen molar-refractivity contribution in [3.05, 3.63) is 28.3 Å². The first-order valence-electron chi connectivity index (χ1n) is 3.47. The van der Waals surface area contributed by atoms with Gasteiger partial charge in [0.25, 0.3) is 11.7 Å². The van der Waals surface area contributed by atoms with Crippen LogP contribution >= 0.6 is 0 Å². The summed E-state index contributed by atoms with van der Waals surface area (Å²) in [6.45, 7) is 0. The predicted molar refractivity (Wildman–Crippen MR) is 45.1 cm³/mol. The van der Waals surface area contributed by atoms with Crippen LogP contribution in [-0.4, -0.2) is 9.91 Å². The highest BCUT2D eigenvalue weighted by Crippen LogP contribution is 2.21. The van der Waals surface area contributed by atoms with Crippen molar-refractivity contribution in [1.29, 1.82) is 0 Å². The van der Waals surface area contributed by atoms with E-state index < -0.39 is 4.92 Å². The highest BCUT2D eigenvalue weighted by Gasteiger charge is 2.09. The molecule has 0 atom stereocenters. The molecule has 6 nitrogen and oxygen atoms in total. The Morgan fingerprint density at radius 3 is 3.00 bits per heavy atom. The fourth-order valence-corrected chi connectivity index (χ4v) is 1.04. The van der Waals surface area contributed by atoms with E-state index in [1.807, 2.05) is 0 Å². The molecule has 2 rings (SSSR count). The molecule has 0 aliphatic heterocycles. The zero-order chi connectivity index (χ0) is 9.42. The van der Waals surface area contributed by atoms with Crippen LogP contribution in [0.25, 0.3) is 11.1 Å². The van der Waals surface area contributed by atoms with Gasteiger partial charge in [0.2, 0.25) is 0 Å². The molecule has 6 heteroatoms. The minimum absolute atomic E-state index is 0.00972. The molecule has 1 aromatic heterocycles. The third-order valence-electron chi connectivity index (χ3n) is 1.60. The van der Waals surface area contributed by atoms with E-state index in [4.69, 9.17) is 10.2 Å². The van der Waals surface area contributed by atoms with E-state index in [0.717, 1.165) is 0 Å². The molecule has 0 saturated carbocycles. The number of oxazole rings is 1. The molecular formula is C7H5N3O3. The Kier molecular flexibility index (Phi) is 1.42. The Morgan fingerprint density at radius 2 is 2.31 bits per heavy atom. The number of aromatic nitrogens is 1. The summed E-state index contributed by atoms with van der Waals surface area (Å²) in [5.74, 6) is 0. The Hall–Kier alpha value is -2.11. The summed E-state index contributed by atoms with van der Waals surface area (Å²) >= 11 is 0. The molecule has 2 aromatic rings. The van der Waals surface area contributed by atoms with Gasteiger partial charge in [-0.05, 0) is 6.07 Å². The molecule has 0 saturated heterocycles. The van der Waals surface area contributed by atoms with Gasteiger partial charge < -0.3 is 10.2 Å². The summed E-state index contributed by atoms with van der Waals surface area (Å²) < 4.78 is 4.92. The van der Waals surface area contributed by atoms with Crippen LogP contribution in [0.15, 0.2) is 22.6 Å². The van der Waals surface area contributed by atoms with Crippen LogP contribution in [0.1, 0.15) is 0 Å². The van der Waals surface area contributed by atoms with Crippen molar-refractivity contribution in [1.82, 2.24) is 4.98 Å². The van der Waals surface area contributed by atoms with Crippen molar-refractivity contribution in [3.8, 4) is 0 Å². The number of nitrogens with zero attached hydrogens (tertiary/aromatic N) is 2. The maximum absolute atomic E-state index is 10.4. The predicted octanol–water partition coefficient (Wildman–Crippen LogP) is 1.32. The zero-order valence-electron chi connectivity index (χ0n) is 6.43. The number of nitrogen functional groups attached to an aromatic ring is 1. The Labute approximate surface area is 72.1 Å². The quantitative estimate of drug-likeness (QED) is 0.526. The molecule has 0 spiro atoms. The largest absolute Gasteiger partial charge is 0.423 e. The van der Waals surface area contributed by atoms with Crippen molar-refractivity contribution in [2.45, 2.75) is 0 Å². The normalized spacial score (nSPS) is 10.5. The van der Waals surface area contributed by atoms with Crippen LogP contribution in [0.4, 0.5) is 11.7 Å². The van der Waals surface area contributed by atoms with Crippen LogP contribution in [0.3, 0.4) is 0 Å². The van der Waals surface area contributed by atoms with Gasteiger partial charge in [0.15, 0.2) is 5.58 Å². The van der Waals surface area contributed by atoms with Gasteiger partial charge in [0, 0.05) is 6.07 Å². The lowest BCUT2D eigenvalue weighted by molar-refractivity contribution is -0.384. The molecule has 0 aliphatic carbocycles. The Morgan fingerprint density at radius 1 is 1.54 bits per heavy atom. The summed E-state index contributed by atoms with van der Waals surface area (Å²) in [5.41, 5.74) is 6.07. The molecule has 0 unspecified atom stereocenters. The average molecular weight is 179 g/mol. The van der Waals surface area contributed by atoms with Gasteiger partial charge in [0.1, 0.15) is 5.52 Å². The highest BCUT2D eigenvalue weighted by atomic mass is 16.6. The minimum atomic E-state index is -0.502. The van der Waals surface area contributed by atoms with Crippen LogP contribution in [-0.2, 0) is 0 Å². The first-order valence-corrected chi connectivity index (χ1v) is 3.47. The van der Waals surface area contributed by atoms with Gasteiger partial charge in [-0.15, -0.1) is 0 Å². The number of anilines is 1. The van der Waals surface area contributed by atoms with E-state index in [1.54, 1.807) is 0 Å². The summed E-state index contributed by atoms with van der Waals surface area (Å²) in [4.78, 5) is 13.7. The Bertz CT molecular complexity index is 477. The molecule has 0 radical (unpaired) electrons. The number of hydrogen-bond donors (Lipinski definition) is 1. The lowest BCUT2D eigenvalue weighted by atomic mass is 10.3. The number of non-ortho nitro benzene ring substituents is 1. The number of nitro benzene ring substituents is 1. The molecule has 2 N–H and O–H groups in total. The van der Waals surface area contributed by atoms with Gasteiger partial charge in [-0.25, -0.2) is 0 Å². The average Bonchev–Trinajstić information content (AvgIpc) is 2.42. The molecule has 13 heavy (non-hydrogen) atoms. The van der Waals surface area contributed by atoms with Gasteiger partial charge in [-0.1, -0.05) is 0 Å². The Balaban J connectivity index is 2.67. The number of fused-ring (bicyclic) bond motifs is 1. The number of nitrogens with two attached hydrogens (primary N) is 1. The maximum Gasteiger partial charge on any atom is 0.292 e. The topological polar surface area (TPSA) is 95.2 Å². The van der Waals surface area contributed by atoms with Crippen molar-refractivity contribution in [3.63, 3.8) is 0 Å². The van der Waals surface area contributed by atoms with Gasteiger partial charge in [-0.3, -0.25) is 10.1 Å². The SMILES string of the molecule is Nc1nc2ccc([N+](=O)[O-])cc2o1. The number of rotatable bonds is 1. The highest BCUT2D eigenvalue weighted by molar-refractivity contribution is 5.76. The molecular weight excluding hydrogens is 174 g/mol. The first kappa shape index (κ1) is 7.53. The third-order valence-corrected chi connectivity index (χ3v) is 1.60. The summed E-state index contributed by atoms with van der Waals surface area (Å²) in [6.07, 6.45) is 0. The first-order chi connectivity index (χ1) is 6.16. The van der Waals surface area contributed by atoms with Crippen molar-refractivity contribution >= 4 is 22.8 Å². The zero-order valence-corrected chi connectivity index (χ0v) is 6.43. The van der Waals surface area contributed by atoms with Crippen molar-refractivity contribution in [2.75, 3.05) is 5.73 Å². The van der Waals surface area contributed by atoms with E-state index in [1.165, 1.54) is 18.2 Å². The standard InChI is InChI=1S/C7H5N3O3/c8-7-9-5-2-1-4(10(11)12)3-6(5)13-7/h1-3H,(H2,8,9). The maximum atomic E-state index is 10.4. The summed E-state index contributed by atoms with van der Waals surface area (Å²) in [5, 5.41) is 10.4. The third kappa shape index (κ3) is 1.18. The van der Waals surface area contributed by atoms with Crippen LogP contribution in [0.5, 0.6) is 0 Å². The molecule has 1 aromatic carbocycles. The second-order valence-electron chi connectivity index (χ2n) is 2.46. The monoisotopic (exact) mass is 179 g/mol. The molecule has 66 valence electrons. The van der Waals surface area contributed by atoms with E-state index in [2.05, 4.69) is 4.98 Å². The lowest BCUT2D eigenvalue weighted by Crippen LogP contribution is -1.86. The fraction of sp³-hybridized carbons (Fsp3) is 0. The minimum Gasteiger partial charge on any atom is -0.423 e. The van der Waals surface area contributed by atoms with E-state index in [0.29, 0.717) is 11.1 Å². The van der Waals surface area contributed by atoms with E-state index >= 15 is 0 Å². The number of benzene rings is 1. The number of hydrogen-bond acceptors (Lipinski definition) is 5. The van der Waals surface area contributed by atoms with E-state index in [-0.39, 0.29) is 11.7 Å². The fourth-order valence-electron chi connectivity index (χ4n) is 1.04. The van der Waals surface area contributed by atoms with Gasteiger partial charge in [-0.2, -0.15) is 4.98 Å². The van der Waals surface area contributed by atoms with E-state index in [9.17, 15) is 10.1 Å². The van der Waals surface area contributed by atoms with Crippen molar-refractivity contribution < 1.29 is 9.34 Å². The van der Waals surface area contributed by atoms with Crippen LogP contribution < -0.4 is 5.73 Å². The number of nitro groups is 1. The molecule has 0 bridgehead atoms. The summed E-state index contributed by atoms with van der Waals surface area (Å²) in [7, 11) is 0.